The third-order valence-electron chi connectivity index (χ3n) is 1.48. The molecule has 0 fully saturated rings. The predicted molar refractivity (Wildman–Crippen MR) is 33.7 cm³/mol. The van der Waals surface area contributed by atoms with Crippen molar-refractivity contribution in [1.29, 1.82) is 0 Å². The zero-order valence-corrected chi connectivity index (χ0v) is 5.40. The minimum absolute atomic E-state index is 0.381. The number of fused-ring (bicyclic) bond motifs is 1. The monoisotopic (exact) mass is 140 g/mol. The van der Waals surface area contributed by atoms with Crippen LogP contribution in [0, 0.1) is 0 Å². The molecule has 10 heavy (non-hydrogen) atoms. The van der Waals surface area contributed by atoms with Crippen molar-refractivity contribution in [2.24, 2.45) is 0 Å². The molecule has 0 aliphatic carbocycles. The van der Waals surface area contributed by atoms with Crippen LogP contribution in [0.2, 0.25) is 0 Å². The van der Waals surface area contributed by atoms with Crippen LogP contribution in [0.1, 0.15) is 0 Å². The van der Waals surface area contributed by atoms with Gasteiger partial charge in [-0.25, -0.2) is 4.68 Å². The van der Waals surface area contributed by atoms with Gasteiger partial charge in [-0.1, -0.05) is 0 Å². The van der Waals surface area contributed by atoms with Gasteiger partial charge < -0.3 is 9.84 Å². The molecule has 4 heteroatoms. The van der Waals surface area contributed by atoms with Crippen LogP contribution >= 0.6 is 0 Å². The Kier molecular flexibility index (Phi) is 1.14. The van der Waals surface area contributed by atoms with Crippen molar-refractivity contribution in [3.63, 3.8) is 0 Å². The Labute approximate surface area is 58.0 Å². The molecule has 0 saturated heterocycles. The summed E-state index contributed by atoms with van der Waals surface area (Å²) in [6.45, 7) is 0.925. The minimum Gasteiger partial charge on any atom is -0.475 e. The number of aliphatic hydroxyl groups excluding tert-OH is 1. The lowest BCUT2D eigenvalue weighted by atomic mass is 10.3. The molecule has 0 aromatic carbocycles. The van der Waals surface area contributed by atoms with Crippen LogP contribution in [0.15, 0.2) is 12.3 Å². The van der Waals surface area contributed by atoms with Crippen molar-refractivity contribution in [3.05, 3.63) is 12.3 Å². The summed E-state index contributed by atoms with van der Waals surface area (Å²) in [4.78, 5) is 0. The zero-order chi connectivity index (χ0) is 6.97. The van der Waals surface area contributed by atoms with Crippen LogP contribution in [0.25, 0.3) is 0 Å². The first-order valence-corrected chi connectivity index (χ1v) is 3.19. The van der Waals surface area contributed by atoms with Crippen molar-refractivity contribution >= 4 is 0 Å². The number of aromatic nitrogens is 2. The number of rotatable bonds is 0. The van der Waals surface area contributed by atoms with E-state index in [-0.39, 0.29) is 0 Å². The van der Waals surface area contributed by atoms with E-state index in [9.17, 15) is 0 Å². The Morgan fingerprint density at radius 2 is 2.70 bits per heavy atom. The summed E-state index contributed by atoms with van der Waals surface area (Å²) in [5, 5.41) is 13.0. The van der Waals surface area contributed by atoms with E-state index in [1.54, 1.807) is 16.9 Å². The first-order chi connectivity index (χ1) is 4.86. The second-order valence-electron chi connectivity index (χ2n) is 2.32. The molecule has 4 nitrogen and oxygen atoms in total. The van der Waals surface area contributed by atoms with Gasteiger partial charge in [0.05, 0.1) is 12.7 Å². The lowest BCUT2D eigenvalue weighted by molar-refractivity contribution is 0.0558. The van der Waals surface area contributed by atoms with Crippen LogP contribution in [-0.2, 0) is 6.54 Å². The average Bonchev–Trinajstić information content (AvgIpc) is 2.33. The maximum atomic E-state index is 9.09. The fraction of sp³-hybridized carbons (Fsp3) is 0.500. The average molecular weight is 140 g/mol. The third-order valence-corrected chi connectivity index (χ3v) is 1.48. The van der Waals surface area contributed by atoms with E-state index < -0.39 is 6.10 Å². The number of nitrogens with zero attached hydrogens (tertiary/aromatic N) is 2. The highest BCUT2D eigenvalue weighted by Gasteiger charge is 2.16. The van der Waals surface area contributed by atoms with Gasteiger partial charge in [0.2, 0.25) is 5.88 Å². The summed E-state index contributed by atoms with van der Waals surface area (Å²) >= 11 is 0. The highest BCUT2D eigenvalue weighted by molar-refractivity contribution is 5.09. The van der Waals surface area contributed by atoms with Crippen LogP contribution < -0.4 is 4.74 Å². The summed E-state index contributed by atoms with van der Waals surface area (Å²) in [5.41, 5.74) is 0. The Bertz CT molecular complexity index is 233. The molecule has 54 valence electrons. The van der Waals surface area contributed by atoms with E-state index in [1.165, 1.54) is 0 Å². The van der Waals surface area contributed by atoms with Crippen molar-refractivity contribution in [2.45, 2.75) is 12.6 Å². The molecule has 2 rings (SSSR count). The van der Waals surface area contributed by atoms with Crippen molar-refractivity contribution < 1.29 is 9.84 Å². The maximum Gasteiger partial charge on any atom is 0.211 e. The van der Waals surface area contributed by atoms with E-state index >= 15 is 0 Å². The molecule has 2 heterocycles. The Morgan fingerprint density at radius 3 is 3.60 bits per heavy atom. The minimum atomic E-state index is -0.410. The summed E-state index contributed by atoms with van der Waals surface area (Å²) in [6.07, 6.45) is 1.25. The van der Waals surface area contributed by atoms with E-state index in [0.29, 0.717) is 13.2 Å². The van der Waals surface area contributed by atoms with Gasteiger partial charge in [0, 0.05) is 6.07 Å². The van der Waals surface area contributed by atoms with Gasteiger partial charge in [0.15, 0.2) is 0 Å². The van der Waals surface area contributed by atoms with Crippen molar-refractivity contribution in [2.75, 3.05) is 6.61 Å². The lowest BCUT2D eigenvalue weighted by Gasteiger charge is -2.19. The number of ether oxygens (including phenoxy) is 1. The second-order valence-corrected chi connectivity index (χ2v) is 2.32. The summed E-state index contributed by atoms with van der Waals surface area (Å²) < 4.78 is 6.77. The highest BCUT2D eigenvalue weighted by Crippen LogP contribution is 2.14. The van der Waals surface area contributed by atoms with Crippen LogP contribution in [0.4, 0.5) is 0 Å². The van der Waals surface area contributed by atoms with Gasteiger partial charge in [-0.15, -0.1) is 0 Å². The number of aliphatic hydroxyl groups is 1. The second kappa shape index (κ2) is 1.98. The van der Waals surface area contributed by atoms with Crippen molar-refractivity contribution in [1.82, 2.24) is 9.78 Å². The Morgan fingerprint density at radius 1 is 1.80 bits per heavy atom. The fourth-order valence-electron chi connectivity index (χ4n) is 1.01. The Balaban J connectivity index is 2.30. The predicted octanol–water partition coefficient (Wildman–Crippen LogP) is -0.364. The summed E-state index contributed by atoms with van der Waals surface area (Å²) in [6, 6.07) is 1.78. The van der Waals surface area contributed by atoms with Crippen LogP contribution in [0.3, 0.4) is 0 Å². The van der Waals surface area contributed by atoms with E-state index in [1.807, 2.05) is 0 Å². The van der Waals surface area contributed by atoms with Gasteiger partial charge in [-0.2, -0.15) is 5.10 Å². The smallest absolute Gasteiger partial charge is 0.211 e. The summed E-state index contributed by atoms with van der Waals surface area (Å²) in [5.74, 6) is 0.741. The largest absolute Gasteiger partial charge is 0.475 e. The van der Waals surface area contributed by atoms with Gasteiger partial charge in [-0.3, -0.25) is 0 Å². The molecule has 0 spiro atoms. The highest BCUT2D eigenvalue weighted by atomic mass is 16.5. The Hall–Kier alpha value is -1.03. The standard InChI is InChI=1S/C6H8N2O2/c9-5-3-8-6(10-4-5)1-2-7-8/h1-2,5,9H,3-4H2. The van der Waals surface area contributed by atoms with E-state index in [0.717, 1.165) is 5.88 Å². The molecule has 1 aromatic heterocycles. The number of hydrogen-bond acceptors (Lipinski definition) is 3. The first kappa shape index (κ1) is 5.73. The van der Waals surface area contributed by atoms with E-state index in [4.69, 9.17) is 9.84 Å². The maximum absolute atomic E-state index is 9.09. The quantitative estimate of drug-likeness (QED) is 0.535. The van der Waals surface area contributed by atoms with Crippen LogP contribution in [0.5, 0.6) is 5.88 Å². The zero-order valence-electron chi connectivity index (χ0n) is 5.40. The molecule has 0 amide bonds. The van der Waals surface area contributed by atoms with Crippen LogP contribution in [-0.4, -0.2) is 27.6 Å². The molecule has 1 aromatic rings. The molecule has 1 atom stereocenters. The van der Waals surface area contributed by atoms with Gasteiger partial charge in [-0.05, 0) is 0 Å². The first-order valence-electron chi connectivity index (χ1n) is 3.19. The lowest BCUT2D eigenvalue weighted by Crippen LogP contribution is -2.29. The van der Waals surface area contributed by atoms with Gasteiger partial charge in [0.25, 0.3) is 0 Å². The number of hydrogen-bond donors (Lipinski definition) is 1. The fourth-order valence-corrected chi connectivity index (χ4v) is 1.01. The molecular weight excluding hydrogens is 132 g/mol. The summed E-state index contributed by atoms with van der Waals surface area (Å²) in [7, 11) is 0. The van der Waals surface area contributed by atoms with Crippen molar-refractivity contribution in [3.8, 4) is 5.88 Å². The molecular formula is C6H8N2O2. The molecule has 1 aliphatic rings. The van der Waals surface area contributed by atoms with Gasteiger partial charge >= 0.3 is 0 Å². The van der Waals surface area contributed by atoms with Gasteiger partial charge in [0.1, 0.15) is 12.7 Å². The molecule has 0 bridgehead atoms. The molecule has 0 saturated carbocycles. The van der Waals surface area contributed by atoms with E-state index in [2.05, 4.69) is 5.10 Å². The third kappa shape index (κ3) is 0.769. The SMILES string of the molecule is OC1COc2ccnn2C1. The topological polar surface area (TPSA) is 47.3 Å². The molecule has 1 unspecified atom stereocenters. The molecule has 0 radical (unpaired) electrons. The molecule has 1 N–H and O–H groups in total. The normalized spacial score (nSPS) is 23.5. The molecule has 1 aliphatic heterocycles.